The van der Waals surface area contributed by atoms with Gasteiger partial charge in [0.15, 0.2) is 0 Å². The first-order valence-corrected chi connectivity index (χ1v) is 6.91. The van der Waals surface area contributed by atoms with Gasteiger partial charge in [0.2, 0.25) is 0 Å². The van der Waals surface area contributed by atoms with E-state index in [9.17, 15) is 15.0 Å². The molecule has 2 N–H and O–H groups in total. The third kappa shape index (κ3) is 3.16. The molecule has 6 heteroatoms. The molecule has 1 atom stereocenters. The van der Waals surface area contributed by atoms with Crippen LogP contribution in [0.1, 0.15) is 24.2 Å². The summed E-state index contributed by atoms with van der Waals surface area (Å²) in [5.41, 5.74) is -0.420. The van der Waals surface area contributed by atoms with Crippen molar-refractivity contribution in [1.29, 1.82) is 0 Å². The number of hydrogen-bond acceptors (Lipinski definition) is 4. The summed E-state index contributed by atoms with van der Waals surface area (Å²) in [6.45, 7) is 4.53. The lowest BCUT2D eigenvalue weighted by atomic mass is 10.0. The number of morpholine rings is 1. The number of phenolic OH excluding ortho intramolecular Hbond substituents is 2. The first-order valence-electron chi connectivity index (χ1n) is 6.37. The molecule has 20 heavy (non-hydrogen) atoms. The average molecular weight is 300 g/mol. The van der Waals surface area contributed by atoms with Crippen LogP contribution in [0.5, 0.6) is 11.5 Å². The Morgan fingerprint density at radius 2 is 2.20 bits per heavy atom. The number of carbonyl (C=O) groups is 1. The normalized spacial score (nSPS) is 21.8. The van der Waals surface area contributed by atoms with Crippen LogP contribution in [0.4, 0.5) is 0 Å². The molecule has 1 aliphatic heterocycles. The molecular weight excluding hydrogens is 282 g/mol. The molecule has 0 radical (unpaired) electrons. The predicted molar refractivity (Wildman–Crippen MR) is 75.3 cm³/mol. The van der Waals surface area contributed by atoms with Crippen LogP contribution in [-0.2, 0) is 4.74 Å². The van der Waals surface area contributed by atoms with Gasteiger partial charge in [-0.15, -0.1) is 11.6 Å². The van der Waals surface area contributed by atoms with Gasteiger partial charge in [0, 0.05) is 13.1 Å². The van der Waals surface area contributed by atoms with E-state index in [1.807, 2.05) is 13.8 Å². The predicted octanol–water partition coefficient (Wildman–Crippen LogP) is 1.96. The number of amides is 1. The maximum absolute atomic E-state index is 12.5. The van der Waals surface area contributed by atoms with Crippen molar-refractivity contribution in [3.05, 3.63) is 23.8 Å². The van der Waals surface area contributed by atoms with E-state index in [1.165, 1.54) is 18.2 Å². The minimum atomic E-state index is -0.500. The summed E-state index contributed by atoms with van der Waals surface area (Å²) >= 11 is 5.83. The Kier molecular flexibility index (Phi) is 4.11. The molecule has 1 unspecified atom stereocenters. The van der Waals surface area contributed by atoms with Crippen LogP contribution in [0.2, 0.25) is 0 Å². The van der Waals surface area contributed by atoms with E-state index in [-0.39, 0.29) is 29.1 Å². The molecule has 0 aromatic heterocycles. The van der Waals surface area contributed by atoms with Crippen molar-refractivity contribution >= 4 is 17.5 Å². The van der Waals surface area contributed by atoms with Gasteiger partial charge in [-0.25, -0.2) is 0 Å². The van der Waals surface area contributed by atoms with Gasteiger partial charge in [0.05, 0.1) is 23.1 Å². The van der Waals surface area contributed by atoms with E-state index in [2.05, 4.69) is 0 Å². The van der Waals surface area contributed by atoms with E-state index in [4.69, 9.17) is 16.3 Å². The number of carbonyl (C=O) groups excluding carboxylic acids is 1. The van der Waals surface area contributed by atoms with Crippen molar-refractivity contribution < 1.29 is 19.7 Å². The summed E-state index contributed by atoms with van der Waals surface area (Å²) in [7, 11) is 0. The number of benzene rings is 1. The highest BCUT2D eigenvalue weighted by Gasteiger charge is 2.36. The lowest BCUT2D eigenvalue weighted by molar-refractivity contribution is -0.117. The Labute approximate surface area is 122 Å². The number of aromatic hydroxyl groups is 2. The van der Waals surface area contributed by atoms with Crippen LogP contribution in [0, 0.1) is 0 Å². The van der Waals surface area contributed by atoms with E-state index in [0.717, 1.165) is 0 Å². The Morgan fingerprint density at radius 1 is 1.50 bits per heavy atom. The first-order chi connectivity index (χ1) is 9.32. The Hall–Kier alpha value is -1.46. The summed E-state index contributed by atoms with van der Waals surface area (Å²) in [4.78, 5) is 14.1. The molecule has 1 aromatic carbocycles. The van der Waals surface area contributed by atoms with Gasteiger partial charge in [-0.1, -0.05) is 0 Å². The molecule has 110 valence electrons. The average Bonchev–Trinajstić information content (AvgIpc) is 2.38. The number of halogens is 1. The van der Waals surface area contributed by atoms with Gasteiger partial charge < -0.3 is 19.8 Å². The van der Waals surface area contributed by atoms with Gasteiger partial charge in [-0.05, 0) is 32.0 Å². The molecule has 0 spiro atoms. The summed E-state index contributed by atoms with van der Waals surface area (Å²) in [6.07, 6.45) is -0.246. The zero-order valence-electron chi connectivity index (χ0n) is 11.5. The molecule has 1 aliphatic rings. The number of nitrogens with zero attached hydrogens (tertiary/aromatic N) is 1. The van der Waals surface area contributed by atoms with Gasteiger partial charge in [-0.2, -0.15) is 0 Å². The topological polar surface area (TPSA) is 70.0 Å². The summed E-state index contributed by atoms with van der Waals surface area (Å²) in [6, 6.07) is 3.89. The van der Waals surface area contributed by atoms with E-state index < -0.39 is 5.60 Å². The zero-order valence-corrected chi connectivity index (χ0v) is 12.2. The highest BCUT2D eigenvalue weighted by molar-refractivity contribution is 6.18. The second-order valence-electron chi connectivity index (χ2n) is 5.54. The van der Waals surface area contributed by atoms with E-state index in [1.54, 1.807) is 4.90 Å². The van der Waals surface area contributed by atoms with E-state index >= 15 is 0 Å². The summed E-state index contributed by atoms with van der Waals surface area (Å²) in [5, 5.41) is 19.2. The Balaban J connectivity index is 2.25. The van der Waals surface area contributed by atoms with Crippen LogP contribution in [-0.4, -0.2) is 51.7 Å². The van der Waals surface area contributed by atoms with Crippen molar-refractivity contribution in [2.75, 3.05) is 19.0 Å². The molecule has 0 saturated carbocycles. The molecule has 2 rings (SSSR count). The van der Waals surface area contributed by atoms with Crippen molar-refractivity contribution in [1.82, 2.24) is 4.90 Å². The fourth-order valence-electron chi connectivity index (χ4n) is 2.40. The molecule has 0 bridgehead atoms. The van der Waals surface area contributed by atoms with Crippen molar-refractivity contribution in [3.63, 3.8) is 0 Å². The fourth-order valence-corrected chi connectivity index (χ4v) is 2.56. The Bertz CT molecular complexity index is 518. The number of ether oxygens (including phenoxy) is 1. The van der Waals surface area contributed by atoms with Crippen LogP contribution < -0.4 is 0 Å². The quantitative estimate of drug-likeness (QED) is 0.647. The lowest BCUT2D eigenvalue weighted by Crippen LogP contribution is -2.55. The maximum atomic E-state index is 12.5. The van der Waals surface area contributed by atoms with Crippen LogP contribution >= 0.6 is 11.6 Å². The molecule has 1 amide bonds. The largest absolute Gasteiger partial charge is 0.508 e. The third-order valence-corrected chi connectivity index (χ3v) is 3.50. The standard InChI is InChI=1S/C14H18ClNO4/c1-14(2)8-16(7-10(6-15)20-14)13(19)11-5-9(17)3-4-12(11)18/h3-5,10,17-18H,6-8H2,1-2H3. The molecular formula is C14H18ClNO4. The van der Waals surface area contributed by atoms with Crippen molar-refractivity contribution in [3.8, 4) is 11.5 Å². The van der Waals surface area contributed by atoms with Crippen LogP contribution in [0.25, 0.3) is 0 Å². The molecule has 0 aliphatic carbocycles. The van der Waals surface area contributed by atoms with Gasteiger partial charge in [0.25, 0.3) is 5.91 Å². The zero-order chi connectivity index (χ0) is 14.9. The third-order valence-electron chi connectivity index (χ3n) is 3.15. The lowest BCUT2D eigenvalue weighted by Gasteiger charge is -2.42. The fraction of sp³-hybridized carbons (Fsp3) is 0.500. The maximum Gasteiger partial charge on any atom is 0.257 e. The SMILES string of the molecule is CC1(C)CN(C(=O)c2cc(O)ccc2O)CC(CCl)O1. The summed E-state index contributed by atoms with van der Waals surface area (Å²) in [5.74, 6) is -0.267. The van der Waals surface area contributed by atoms with Crippen molar-refractivity contribution in [2.45, 2.75) is 25.6 Å². The first kappa shape index (κ1) is 14.9. The van der Waals surface area contributed by atoms with Crippen molar-refractivity contribution in [2.24, 2.45) is 0 Å². The number of alkyl halides is 1. The van der Waals surface area contributed by atoms with Crippen LogP contribution in [0.15, 0.2) is 18.2 Å². The molecule has 1 saturated heterocycles. The molecule has 1 aromatic rings. The van der Waals surface area contributed by atoms with Gasteiger partial charge >= 0.3 is 0 Å². The minimum absolute atomic E-state index is 0.0624. The van der Waals surface area contributed by atoms with Crippen LogP contribution in [0.3, 0.4) is 0 Å². The minimum Gasteiger partial charge on any atom is -0.508 e. The second kappa shape index (κ2) is 5.50. The Morgan fingerprint density at radius 3 is 2.85 bits per heavy atom. The number of hydrogen-bond donors (Lipinski definition) is 2. The number of rotatable bonds is 2. The van der Waals surface area contributed by atoms with E-state index in [0.29, 0.717) is 19.0 Å². The molecule has 1 fully saturated rings. The van der Waals surface area contributed by atoms with Gasteiger partial charge in [-0.3, -0.25) is 4.79 Å². The van der Waals surface area contributed by atoms with Gasteiger partial charge in [0.1, 0.15) is 11.5 Å². The second-order valence-corrected chi connectivity index (χ2v) is 5.85. The molecule has 5 nitrogen and oxygen atoms in total. The highest BCUT2D eigenvalue weighted by atomic mass is 35.5. The number of phenols is 2. The molecule has 1 heterocycles. The monoisotopic (exact) mass is 299 g/mol. The highest BCUT2D eigenvalue weighted by Crippen LogP contribution is 2.27. The summed E-state index contributed by atoms with van der Waals surface area (Å²) < 4.78 is 5.76. The smallest absolute Gasteiger partial charge is 0.257 e.